The molecule has 1 saturated carbocycles. The maximum Gasteiger partial charge on any atom is 0.226 e. The van der Waals surface area contributed by atoms with E-state index >= 15 is 0 Å². The van der Waals surface area contributed by atoms with E-state index in [0.717, 1.165) is 48.2 Å². The maximum absolute atomic E-state index is 6.04. The molecule has 4 saturated heterocycles. The van der Waals surface area contributed by atoms with Crippen molar-refractivity contribution in [1.82, 2.24) is 19.9 Å². The molecule has 2 unspecified atom stereocenters. The van der Waals surface area contributed by atoms with Gasteiger partial charge in [0.05, 0.1) is 17.9 Å². The third-order valence-electron chi connectivity index (χ3n) is 6.77. The van der Waals surface area contributed by atoms with Crippen LogP contribution in [0.5, 0.6) is 0 Å². The molecule has 6 heterocycles. The van der Waals surface area contributed by atoms with Crippen LogP contribution in [0, 0.1) is 5.92 Å². The number of ether oxygens (including phenoxy) is 1. The average molecular weight is 364 g/mol. The minimum Gasteiger partial charge on any atom is -0.375 e. The van der Waals surface area contributed by atoms with Crippen molar-refractivity contribution in [2.24, 2.45) is 5.92 Å². The van der Waals surface area contributed by atoms with Crippen LogP contribution < -0.4 is 10.6 Å². The molecule has 0 aromatic carbocycles. The first-order valence-electron chi connectivity index (χ1n) is 10.1. The van der Waals surface area contributed by atoms with E-state index in [1.54, 1.807) is 12.4 Å². The molecule has 1 aliphatic carbocycles. The largest absolute Gasteiger partial charge is 0.375 e. The van der Waals surface area contributed by atoms with Gasteiger partial charge in [0.15, 0.2) is 0 Å². The van der Waals surface area contributed by atoms with Crippen molar-refractivity contribution in [1.29, 1.82) is 0 Å². The highest BCUT2D eigenvalue weighted by Crippen LogP contribution is 2.44. The van der Waals surface area contributed by atoms with Gasteiger partial charge in [-0.15, -0.1) is 0 Å². The third kappa shape index (κ3) is 2.67. The molecule has 0 radical (unpaired) electrons. The van der Waals surface area contributed by atoms with Crippen LogP contribution in [0.15, 0.2) is 18.5 Å². The Morgan fingerprint density at radius 1 is 1.00 bits per heavy atom. The fourth-order valence-electron chi connectivity index (χ4n) is 5.28. The van der Waals surface area contributed by atoms with Gasteiger partial charge in [-0.3, -0.25) is 0 Å². The average Bonchev–Trinajstić information content (AvgIpc) is 3.36. The Morgan fingerprint density at radius 2 is 1.74 bits per heavy atom. The van der Waals surface area contributed by atoms with Gasteiger partial charge < -0.3 is 15.4 Å². The number of anilines is 2. The Hall–Kier alpha value is -2.28. The van der Waals surface area contributed by atoms with Gasteiger partial charge in [0.1, 0.15) is 0 Å². The number of nitrogens with two attached hydrogens (primary N) is 1. The van der Waals surface area contributed by atoms with E-state index in [1.165, 1.54) is 25.7 Å². The lowest BCUT2D eigenvalue weighted by Gasteiger charge is -2.30. The first-order chi connectivity index (χ1) is 13.2. The second-order valence-electron chi connectivity index (χ2n) is 8.58. The lowest BCUT2D eigenvalue weighted by atomic mass is 9.86. The smallest absolute Gasteiger partial charge is 0.226 e. The normalized spacial score (nSPS) is 33.9. The van der Waals surface area contributed by atoms with Gasteiger partial charge in [-0.05, 0) is 50.5 Å². The quantitative estimate of drug-likeness (QED) is 0.895. The second-order valence-corrected chi connectivity index (χ2v) is 8.58. The number of fused-ring (bicyclic) bond motifs is 3. The molecule has 2 N–H and O–H groups in total. The molecule has 7 heteroatoms. The number of nitrogens with zero attached hydrogens (tertiary/aromatic N) is 5. The van der Waals surface area contributed by atoms with E-state index in [1.807, 2.05) is 0 Å². The molecule has 0 spiro atoms. The standard InChI is InChI=1S/C20H24N6O/c21-19-22-8-13(9-23-19)18-7-17(12-5-15-1-2-16(6-12)27-15)24-20(25-18)26-10-11-3-14(26)4-11/h7-9,11-12,14-16H,1-6,10H2,(H2,21,22,23). The number of nitrogen functional groups attached to an aromatic ring is 1. The summed E-state index contributed by atoms with van der Waals surface area (Å²) in [4.78, 5) is 20.7. The minimum atomic E-state index is 0.287. The summed E-state index contributed by atoms with van der Waals surface area (Å²) in [6.45, 7) is 1.09. The summed E-state index contributed by atoms with van der Waals surface area (Å²) in [7, 11) is 0. The number of aromatic nitrogens is 4. The molecule has 4 aliphatic heterocycles. The van der Waals surface area contributed by atoms with Crippen molar-refractivity contribution in [3.63, 3.8) is 0 Å². The predicted octanol–water partition coefficient (Wildman–Crippen LogP) is 2.54. The monoisotopic (exact) mass is 364 g/mol. The molecule has 140 valence electrons. The molecule has 5 fully saturated rings. The number of hydrogen-bond acceptors (Lipinski definition) is 7. The van der Waals surface area contributed by atoms with Crippen LogP contribution in [0.2, 0.25) is 0 Å². The third-order valence-corrected chi connectivity index (χ3v) is 6.77. The summed E-state index contributed by atoms with van der Waals surface area (Å²) >= 11 is 0. The molecule has 0 amide bonds. The molecule has 7 nitrogen and oxygen atoms in total. The van der Waals surface area contributed by atoms with Crippen LogP contribution in [0.4, 0.5) is 11.9 Å². The zero-order valence-electron chi connectivity index (χ0n) is 15.3. The van der Waals surface area contributed by atoms with E-state index in [9.17, 15) is 0 Å². The van der Waals surface area contributed by atoms with E-state index < -0.39 is 0 Å². The molecule has 2 aromatic rings. The van der Waals surface area contributed by atoms with Gasteiger partial charge in [0, 0.05) is 42.2 Å². The van der Waals surface area contributed by atoms with Crippen LogP contribution in [0.1, 0.15) is 50.1 Å². The fraction of sp³-hybridized carbons (Fsp3) is 0.600. The Balaban J connectivity index is 1.40. The van der Waals surface area contributed by atoms with Gasteiger partial charge in [-0.2, -0.15) is 0 Å². The van der Waals surface area contributed by atoms with E-state index in [4.69, 9.17) is 20.4 Å². The van der Waals surface area contributed by atoms with Crippen LogP contribution in [0.3, 0.4) is 0 Å². The van der Waals surface area contributed by atoms with Crippen molar-refractivity contribution in [3.05, 3.63) is 24.2 Å². The number of hydrogen-bond donors (Lipinski definition) is 1. The van der Waals surface area contributed by atoms with Crippen molar-refractivity contribution in [3.8, 4) is 11.3 Å². The highest BCUT2D eigenvalue weighted by atomic mass is 16.5. The summed E-state index contributed by atoms with van der Waals surface area (Å²) in [5.41, 5.74) is 8.61. The van der Waals surface area contributed by atoms with Crippen LogP contribution in [-0.4, -0.2) is 44.7 Å². The van der Waals surface area contributed by atoms with Gasteiger partial charge in [-0.25, -0.2) is 19.9 Å². The predicted molar refractivity (Wildman–Crippen MR) is 101 cm³/mol. The summed E-state index contributed by atoms with van der Waals surface area (Å²) < 4.78 is 6.04. The molecule has 4 bridgehead atoms. The molecule has 2 atom stereocenters. The highest BCUT2D eigenvalue weighted by molar-refractivity contribution is 5.60. The Labute approximate surface area is 158 Å². The van der Waals surface area contributed by atoms with Crippen molar-refractivity contribution in [2.45, 2.75) is 62.7 Å². The van der Waals surface area contributed by atoms with Crippen molar-refractivity contribution in [2.75, 3.05) is 17.2 Å². The van der Waals surface area contributed by atoms with Crippen LogP contribution >= 0.6 is 0 Å². The topological polar surface area (TPSA) is 90.0 Å². The highest BCUT2D eigenvalue weighted by Gasteiger charge is 2.44. The summed E-state index contributed by atoms with van der Waals surface area (Å²) in [5, 5.41) is 0. The SMILES string of the molecule is Nc1ncc(-c2cc(C3CC4CCC(C3)O4)nc(N3CC4CC3C4)n2)cn1. The minimum absolute atomic E-state index is 0.287. The maximum atomic E-state index is 6.04. The lowest BCUT2D eigenvalue weighted by molar-refractivity contribution is -0.00441. The van der Waals surface area contributed by atoms with Crippen LogP contribution in [-0.2, 0) is 4.74 Å². The first kappa shape index (κ1) is 15.7. The number of rotatable bonds is 3. The van der Waals surface area contributed by atoms with E-state index in [2.05, 4.69) is 20.9 Å². The molecule has 27 heavy (non-hydrogen) atoms. The summed E-state index contributed by atoms with van der Waals surface area (Å²) in [5.74, 6) is 2.44. The van der Waals surface area contributed by atoms with Gasteiger partial charge >= 0.3 is 0 Å². The molecule has 2 aromatic heterocycles. The summed E-state index contributed by atoms with van der Waals surface area (Å²) in [6, 6.07) is 2.75. The van der Waals surface area contributed by atoms with Crippen LogP contribution in [0.25, 0.3) is 11.3 Å². The van der Waals surface area contributed by atoms with Gasteiger partial charge in [0.25, 0.3) is 0 Å². The second kappa shape index (κ2) is 5.86. The van der Waals surface area contributed by atoms with Gasteiger partial charge in [0.2, 0.25) is 11.9 Å². The Kier molecular flexibility index (Phi) is 3.42. The molecular formula is C20H24N6O. The van der Waals surface area contributed by atoms with E-state index in [0.29, 0.717) is 24.2 Å². The summed E-state index contributed by atoms with van der Waals surface area (Å²) in [6.07, 6.45) is 11.4. The van der Waals surface area contributed by atoms with Crippen molar-refractivity contribution >= 4 is 11.9 Å². The molecule has 5 aliphatic rings. The lowest BCUT2D eigenvalue weighted by Crippen LogP contribution is -2.30. The Morgan fingerprint density at radius 3 is 2.41 bits per heavy atom. The first-order valence-corrected chi connectivity index (χ1v) is 10.1. The zero-order valence-corrected chi connectivity index (χ0v) is 15.3. The molecule has 7 rings (SSSR count). The Bertz CT molecular complexity index is 853. The fourth-order valence-corrected chi connectivity index (χ4v) is 5.28. The van der Waals surface area contributed by atoms with E-state index in [-0.39, 0.29) is 5.95 Å². The zero-order chi connectivity index (χ0) is 18.0. The molecular weight excluding hydrogens is 340 g/mol. The van der Waals surface area contributed by atoms with Gasteiger partial charge in [-0.1, -0.05) is 0 Å². The van der Waals surface area contributed by atoms with Crippen molar-refractivity contribution < 1.29 is 4.74 Å².